The zero-order valence-corrected chi connectivity index (χ0v) is 9.22. The third-order valence-electron chi connectivity index (χ3n) is 1.65. The molecule has 1 heterocycles. The van der Waals surface area contributed by atoms with Gasteiger partial charge in [0.25, 0.3) is 5.56 Å². The van der Waals surface area contributed by atoms with Gasteiger partial charge >= 0.3 is 12.1 Å². The molecule has 2 N–H and O–H groups in total. The van der Waals surface area contributed by atoms with E-state index in [2.05, 4.69) is 4.98 Å². The van der Waals surface area contributed by atoms with Gasteiger partial charge in [0.15, 0.2) is 10.9 Å². The molecule has 5 nitrogen and oxygen atoms in total. The molecule has 1 atom stereocenters. The SMILES string of the molecule is CC(Sc1nc(C(F)(F)F)cc(=O)[nH]1)C(=O)O. The van der Waals surface area contributed by atoms with Crippen LogP contribution in [0.1, 0.15) is 12.6 Å². The van der Waals surface area contributed by atoms with Crippen LogP contribution >= 0.6 is 11.8 Å². The van der Waals surface area contributed by atoms with E-state index in [4.69, 9.17) is 5.11 Å². The van der Waals surface area contributed by atoms with Crippen LogP contribution in [0.15, 0.2) is 16.0 Å². The van der Waals surface area contributed by atoms with Gasteiger partial charge < -0.3 is 10.1 Å². The summed E-state index contributed by atoms with van der Waals surface area (Å²) in [5.41, 5.74) is -2.33. The number of nitrogens with zero attached hydrogens (tertiary/aromatic N) is 1. The van der Waals surface area contributed by atoms with Gasteiger partial charge in [-0.2, -0.15) is 13.2 Å². The van der Waals surface area contributed by atoms with Crippen LogP contribution in [0.3, 0.4) is 0 Å². The summed E-state index contributed by atoms with van der Waals surface area (Å²) in [5, 5.41) is 7.19. The van der Waals surface area contributed by atoms with E-state index < -0.39 is 28.6 Å². The number of aromatic nitrogens is 2. The van der Waals surface area contributed by atoms with E-state index >= 15 is 0 Å². The van der Waals surface area contributed by atoms with Crippen LogP contribution < -0.4 is 5.56 Å². The Kier molecular flexibility index (Phi) is 3.81. The van der Waals surface area contributed by atoms with Gasteiger partial charge in [-0.1, -0.05) is 11.8 Å². The lowest BCUT2D eigenvalue weighted by atomic mass is 10.4. The predicted octanol–water partition coefficient (Wildman–Crippen LogP) is 1.35. The maximum Gasteiger partial charge on any atom is 0.433 e. The highest BCUT2D eigenvalue weighted by molar-refractivity contribution is 8.00. The Morgan fingerprint density at radius 1 is 1.59 bits per heavy atom. The molecule has 0 aliphatic rings. The molecule has 0 saturated heterocycles. The van der Waals surface area contributed by atoms with Crippen molar-refractivity contribution in [2.24, 2.45) is 0 Å². The Morgan fingerprint density at radius 2 is 2.18 bits per heavy atom. The summed E-state index contributed by atoms with van der Waals surface area (Å²) in [5.74, 6) is -1.21. The third-order valence-corrected chi connectivity index (χ3v) is 2.62. The lowest BCUT2D eigenvalue weighted by molar-refractivity contribution is -0.141. The van der Waals surface area contributed by atoms with Crippen molar-refractivity contribution in [1.82, 2.24) is 9.97 Å². The Balaban J connectivity index is 3.06. The van der Waals surface area contributed by atoms with Gasteiger partial charge in [-0.05, 0) is 6.92 Å². The minimum Gasteiger partial charge on any atom is -0.480 e. The minimum atomic E-state index is -4.74. The monoisotopic (exact) mass is 268 g/mol. The van der Waals surface area contributed by atoms with E-state index in [0.717, 1.165) is 0 Å². The number of aliphatic carboxylic acids is 1. The molecule has 0 radical (unpaired) electrons. The molecule has 17 heavy (non-hydrogen) atoms. The smallest absolute Gasteiger partial charge is 0.433 e. The van der Waals surface area contributed by atoms with Gasteiger partial charge in [0.2, 0.25) is 0 Å². The Hall–Kier alpha value is -1.51. The molecule has 1 unspecified atom stereocenters. The Morgan fingerprint density at radius 3 is 2.65 bits per heavy atom. The molecule has 0 bridgehead atoms. The molecule has 0 saturated carbocycles. The van der Waals surface area contributed by atoms with Crippen LogP contribution in [0.4, 0.5) is 13.2 Å². The number of hydrogen-bond donors (Lipinski definition) is 2. The topological polar surface area (TPSA) is 83.0 Å². The van der Waals surface area contributed by atoms with E-state index in [0.29, 0.717) is 17.8 Å². The van der Waals surface area contributed by atoms with Gasteiger partial charge in [-0.15, -0.1) is 0 Å². The quantitative estimate of drug-likeness (QED) is 0.638. The number of hydrogen-bond acceptors (Lipinski definition) is 4. The summed E-state index contributed by atoms with van der Waals surface area (Å²) in [7, 11) is 0. The lowest BCUT2D eigenvalue weighted by Crippen LogP contribution is -2.19. The molecule has 0 fully saturated rings. The first-order chi connectivity index (χ1) is 7.70. The summed E-state index contributed by atoms with van der Waals surface area (Å²) in [6.07, 6.45) is -4.74. The van der Waals surface area contributed by atoms with Gasteiger partial charge in [0.05, 0.1) is 0 Å². The van der Waals surface area contributed by atoms with E-state index in [1.54, 1.807) is 0 Å². The second-order valence-corrected chi connectivity index (χ2v) is 4.36. The van der Waals surface area contributed by atoms with Gasteiger partial charge in [-0.25, -0.2) is 4.98 Å². The zero-order valence-electron chi connectivity index (χ0n) is 8.41. The number of carboxylic acids is 1. The fourth-order valence-corrected chi connectivity index (χ4v) is 1.60. The van der Waals surface area contributed by atoms with Gasteiger partial charge in [-0.3, -0.25) is 9.59 Å². The number of alkyl halides is 3. The van der Waals surface area contributed by atoms with Gasteiger partial charge in [0, 0.05) is 6.07 Å². The van der Waals surface area contributed by atoms with Gasteiger partial charge in [0.1, 0.15) is 5.25 Å². The summed E-state index contributed by atoms with van der Waals surface area (Å²) < 4.78 is 36.9. The maximum absolute atomic E-state index is 12.3. The van der Waals surface area contributed by atoms with Crippen molar-refractivity contribution in [2.75, 3.05) is 0 Å². The van der Waals surface area contributed by atoms with Crippen LogP contribution in [0.5, 0.6) is 0 Å². The Bertz CT molecular complexity index is 486. The standard InChI is InChI=1S/C8H7F3N2O3S/c1-3(6(15)16)17-7-12-4(8(9,10)11)2-5(14)13-7/h2-3H,1H3,(H,15,16)(H,12,13,14). The average molecular weight is 268 g/mol. The first-order valence-electron chi connectivity index (χ1n) is 4.28. The fraction of sp³-hybridized carbons (Fsp3) is 0.375. The van der Waals surface area contributed by atoms with Crippen molar-refractivity contribution >= 4 is 17.7 Å². The molecule has 0 amide bonds. The highest BCUT2D eigenvalue weighted by Crippen LogP contribution is 2.28. The largest absolute Gasteiger partial charge is 0.480 e. The van der Waals surface area contributed by atoms with Crippen molar-refractivity contribution in [3.63, 3.8) is 0 Å². The highest BCUT2D eigenvalue weighted by Gasteiger charge is 2.33. The van der Waals surface area contributed by atoms with Crippen LogP contribution in [-0.2, 0) is 11.0 Å². The van der Waals surface area contributed by atoms with Crippen LogP contribution in [0.2, 0.25) is 0 Å². The number of carbonyl (C=O) groups is 1. The molecule has 0 aromatic carbocycles. The molecule has 9 heteroatoms. The number of halogens is 3. The molecule has 1 aromatic heterocycles. The summed E-state index contributed by atoms with van der Waals surface area (Å²) in [6.45, 7) is 1.27. The Labute approximate surface area is 97.1 Å². The molecule has 1 rings (SSSR count). The first kappa shape index (κ1) is 13.6. The number of thioether (sulfide) groups is 1. The lowest BCUT2D eigenvalue weighted by Gasteiger charge is -2.08. The van der Waals surface area contributed by atoms with E-state index in [1.165, 1.54) is 6.92 Å². The molecular formula is C8H7F3N2O3S. The molecule has 0 spiro atoms. The predicted molar refractivity (Wildman–Crippen MR) is 52.8 cm³/mol. The zero-order chi connectivity index (χ0) is 13.2. The number of nitrogens with one attached hydrogen (secondary N) is 1. The normalized spacial score (nSPS) is 13.4. The van der Waals surface area contributed by atoms with Crippen LogP contribution in [0.25, 0.3) is 0 Å². The summed E-state index contributed by atoms with van der Waals surface area (Å²) in [4.78, 5) is 26.6. The molecule has 0 aliphatic heterocycles. The number of aromatic amines is 1. The second kappa shape index (κ2) is 4.78. The van der Waals surface area contributed by atoms with E-state index in [1.807, 2.05) is 4.98 Å². The summed E-state index contributed by atoms with van der Waals surface area (Å²) in [6, 6.07) is 0.315. The molecule has 0 aliphatic carbocycles. The fourth-order valence-electron chi connectivity index (χ4n) is 0.854. The highest BCUT2D eigenvalue weighted by atomic mass is 32.2. The minimum absolute atomic E-state index is 0.315. The van der Waals surface area contributed by atoms with Crippen molar-refractivity contribution in [3.05, 3.63) is 22.1 Å². The molecule has 1 aromatic rings. The second-order valence-electron chi connectivity index (χ2n) is 3.03. The number of H-pyrrole nitrogens is 1. The number of rotatable bonds is 3. The average Bonchev–Trinajstić information content (AvgIpc) is 2.15. The van der Waals surface area contributed by atoms with Crippen molar-refractivity contribution in [1.29, 1.82) is 0 Å². The van der Waals surface area contributed by atoms with E-state index in [-0.39, 0.29) is 5.16 Å². The molecular weight excluding hydrogens is 261 g/mol. The molecule has 94 valence electrons. The summed E-state index contributed by atoms with van der Waals surface area (Å²) >= 11 is 0.530. The first-order valence-corrected chi connectivity index (χ1v) is 5.16. The van der Waals surface area contributed by atoms with Crippen LogP contribution in [0, 0.1) is 0 Å². The van der Waals surface area contributed by atoms with Crippen molar-refractivity contribution in [2.45, 2.75) is 23.5 Å². The number of carboxylic acid groups (broad SMARTS) is 1. The maximum atomic E-state index is 12.3. The van der Waals surface area contributed by atoms with E-state index in [9.17, 15) is 22.8 Å². The van der Waals surface area contributed by atoms with Crippen LogP contribution in [-0.4, -0.2) is 26.3 Å². The van der Waals surface area contributed by atoms with Crippen molar-refractivity contribution in [3.8, 4) is 0 Å². The van der Waals surface area contributed by atoms with Crippen molar-refractivity contribution < 1.29 is 23.1 Å². The third kappa shape index (κ3) is 3.77.